The van der Waals surface area contributed by atoms with Gasteiger partial charge < -0.3 is 18.9 Å². The molecular formula is C26H26O6. The summed E-state index contributed by atoms with van der Waals surface area (Å²) in [5.41, 5.74) is 2.07. The fourth-order valence-electron chi connectivity index (χ4n) is 2.36. The Balaban J connectivity index is 1.75. The van der Waals surface area contributed by atoms with Gasteiger partial charge in [-0.1, -0.05) is 37.4 Å². The summed E-state index contributed by atoms with van der Waals surface area (Å²) in [5, 5.41) is 0. The molecule has 0 saturated heterocycles. The predicted molar refractivity (Wildman–Crippen MR) is 123 cm³/mol. The van der Waals surface area contributed by atoms with Crippen molar-refractivity contribution in [2.75, 3.05) is 26.4 Å². The largest absolute Gasteiger partial charge is 0.465 e. The lowest BCUT2D eigenvalue weighted by atomic mass is 10.1. The molecule has 2 aromatic rings. The van der Waals surface area contributed by atoms with Gasteiger partial charge in [-0.25, -0.2) is 0 Å². The number of carbonyl (C=O) groups is 2. The van der Waals surface area contributed by atoms with Crippen molar-refractivity contribution in [3.05, 3.63) is 98.5 Å². The van der Waals surface area contributed by atoms with E-state index in [4.69, 9.17) is 18.9 Å². The third-order valence-corrected chi connectivity index (χ3v) is 4.01. The summed E-state index contributed by atoms with van der Waals surface area (Å²) in [6.45, 7) is 7.34. The zero-order valence-electron chi connectivity index (χ0n) is 17.8. The molecule has 0 heterocycles. The first-order chi connectivity index (χ1) is 15.6. The molecule has 0 aliphatic rings. The second kappa shape index (κ2) is 14.3. The van der Waals surface area contributed by atoms with Crippen LogP contribution in [-0.4, -0.2) is 38.0 Å². The fraction of sp³-hybridized carbons (Fsp3) is 0.154. The monoisotopic (exact) mass is 434 g/mol. The summed E-state index contributed by atoms with van der Waals surface area (Å²) in [4.78, 5) is 22.0. The number of hydrogen-bond donors (Lipinski definition) is 0. The van der Waals surface area contributed by atoms with Gasteiger partial charge in [0.15, 0.2) is 11.6 Å². The minimum atomic E-state index is -0.158. The molecule has 0 aliphatic carbocycles. The molecule has 0 bridgehead atoms. The van der Waals surface area contributed by atoms with Crippen LogP contribution in [0.2, 0.25) is 0 Å². The quantitative estimate of drug-likeness (QED) is 0.230. The number of ether oxygens (including phenoxy) is 4. The van der Waals surface area contributed by atoms with Gasteiger partial charge in [0.2, 0.25) is 0 Å². The van der Waals surface area contributed by atoms with Crippen molar-refractivity contribution in [1.82, 2.24) is 0 Å². The molecule has 2 aromatic carbocycles. The zero-order chi connectivity index (χ0) is 23.0. The van der Waals surface area contributed by atoms with Crippen LogP contribution in [0, 0.1) is 0 Å². The van der Waals surface area contributed by atoms with E-state index >= 15 is 0 Å². The Morgan fingerprint density at radius 3 is 1.38 bits per heavy atom. The standard InChI is InChI=1S/C26H26O6/c1-3-23(27)19-29-15-5-17-31-25-11-7-21(8-12-25)22-9-13-26(14-10-22)32-18-6-16-30-20-24(28)4-2/h3-14,17-18H,1-2,15-16,19-20H2/b17-5+,18-6+. The molecule has 166 valence electrons. The number of carbonyl (C=O) groups excluding carboxylic acids is 2. The van der Waals surface area contributed by atoms with Crippen LogP contribution in [0.15, 0.2) is 98.5 Å². The maximum atomic E-state index is 11.0. The summed E-state index contributed by atoms with van der Waals surface area (Å²) in [6, 6.07) is 15.3. The average molecular weight is 434 g/mol. The van der Waals surface area contributed by atoms with Crippen molar-refractivity contribution < 1.29 is 28.5 Å². The predicted octanol–water partition coefficient (Wildman–Crippen LogP) is 4.68. The van der Waals surface area contributed by atoms with Crippen molar-refractivity contribution in [1.29, 1.82) is 0 Å². The first-order valence-corrected chi connectivity index (χ1v) is 9.92. The van der Waals surface area contributed by atoms with Gasteiger partial charge in [0.25, 0.3) is 0 Å². The first kappa shape index (κ1) is 24.5. The van der Waals surface area contributed by atoms with E-state index < -0.39 is 0 Å². The molecule has 6 heteroatoms. The van der Waals surface area contributed by atoms with Crippen molar-refractivity contribution >= 4 is 11.6 Å². The van der Waals surface area contributed by atoms with Gasteiger partial charge >= 0.3 is 0 Å². The maximum Gasteiger partial charge on any atom is 0.180 e. The smallest absolute Gasteiger partial charge is 0.180 e. The van der Waals surface area contributed by atoms with Gasteiger partial charge in [0, 0.05) is 0 Å². The summed E-state index contributed by atoms with van der Waals surface area (Å²) >= 11 is 0. The average Bonchev–Trinajstić information content (AvgIpc) is 2.83. The Labute approximate surface area is 188 Å². The van der Waals surface area contributed by atoms with Crippen molar-refractivity contribution in [3.63, 3.8) is 0 Å². The molecule has 0 N–H and O–H groups in total. The molecule has 6 nitrogen and oxygen atoms in total. The van der Waals surface area contributed by atoms with Crippen LogP contribution in [0.3, 0.4) is 0 Å². The van der Waals surface area contributed by atoms with E-state index in [1.54, 1.807) is 12.2 Å². The summed E-state index contributed by atoms with van der Waals surface area (Å²) in [6.07, 6.45) is 8.88. The van der Waals surface area contributed by atoms with Gasteiger partial charge in [-0.3, -0.25) is 9.59 Å². The second-order valence-corrected chi connectivity index (χ2v) is 6.40. The summed E-state index contributed by atoms with van der Waals surface area (Å²) in [7, 11) is 0. The molecule has 0 aliphatic heterocycles. The molecule has 0 aromatic heterocycles. The number of rotatable bonds is 15. The van der Waals surface area contributed by atoms with Crippen molar-refractivity contribution in [2.24, 2.45) is 0 Å². The van der Waals surface area contributed by atoms with Crippen LogP contribution >= 0.6 is 0 Å². The molecule has 0 amide bonds. The van der Waals surface area contributed by atoms with Crippen LogP contribution in [0.1, 0.15) is 0 Å². The van der Waals surface area contributed by atoms with Gasteiger partial charge in [-0.15, -0.1) is 0 Å². The van der Waals surface area contributed by atoms with E-state index in [-0.39, 0.29) is 38.0 Å². The molecule has 2 rings (SSSR count). The molecular weight excluding hydrogens is 408 g/mol. The van der Waals surface area contributed by atoms with Crippen LogP contribution in [0.5, 0.6) is 11.5 Å². The van der Waals surface area contributed by atoms with E-state index in [0.29, 0.717) is 11.5 Å². The van der Waals surface area contributed by atoms with Crippen molar-refractivity contribution in [2.45, 2.75) is 0 Å². The van der Waals surface area contributed by atoms with Crippen LogP contribution in [0.25, 0.3) is 11.1 Å². The van der Waals surface area contributed by atoms with Gasteiger partial charge in [-0.05, 0) is 59.7 Å². The number of benzene rings is 2. The molecule has 0 atom stereocenters. The Bertz CT molecular complexity index is 860. The summed E-state index contributed by atoms with van der Waals surface area (Å²) in [5.74, 6) is 1.06. The Hall–Kier alpha value is -3.74. The van der Waals surface area contributed by atoms with E-state index in [1.807, 2.05) is 48.5 Å². The molecule has 0 spiro atoms. The highest BCUT2D eigenvalue weighted by Crippen LogP contribution is 2.24. The molecule has 0 radical (unpaired) electrons. The number of hydrogen-bond acceptors (Lipinski definition) is 6. The SMILES string of the molecule is C=CC(=O)COC/C=C/Oc1ccc(-c2ccc(O/C=C/COCC(=O)C=C)cc2)cc1. The lowest BCUT2D eigenvalue weighted by molar-refractivity contribution is -0.119. The van der Waals surface area contributed by atoms with Gasteiger partial charge in [0.05, 0.1) is 25.7 Å². The fourth-order valence-corrected chi connectivity index (χ4v) is 2.36. The lowest BCUT2D eigenvalue weighted by Gasteiger charge is -2.06. The maximum absolute atomic E-state index is 11.0. The Morgan fingerprint density at radius 1 is 0.656 bits per heavy atom. The van der Waals surface area contributed by atoms with Gasteiger partial charge in [0.1, 0.15) is 24.7 Å². The van der Waals surface area contributed by atoms with Crippen LogP contribution in [0.4, 0.5) is 0 Å². The third-order valence-electron chi connectivity index (χ3n) is 4.01. The molecule has 32 heavy (non-hydrogen) atoms. The number of ketones is 2. The Kier molecular flexibility index (Phi) is 11.0. The summed E-state index contributed by atoms with van der Waals surface area (Å²) < 4.78 is 21.3. The molecule has 0 fully saturated rings. The van der Waals surface area contributed by atoms with E-state index in [1.165, 1.54) is 24.7 Å². The minimum absolute atomic E-state index is 0.00926. The van der Waals surface area contributed by atoms with Crippen LogP contribution < -0.4 is 9.47 Å². The highest BCUT2D eigenvalue weighted by molar-refractivity contribution is 5.90. The van der Waals surface area contributed by atoms with Crippen LogP contribution in [-0.2, 0) is 19.1 Å². The molecule has 0 saturated carbocycles. The van der Waals surface area contributed by atoms with E-state index in [9.17, 15) is 9.59 Å². The van der Waals surface area contributed by atoms with E-state index in [0.717, 1.165) is 11.1 Å². The Morgan fingerprint density at radius 2 is 1.03 bits per heavy atom. The third kappa shape index (κ3) is 9.38. The highest BCUT2D eigenvalue weighted by atomic mass is 16.5. The molecule has 0 unspecified atom stereocenters. The lowest BCUT2D eigenvalue weighted by Crippen LogP contribution is -2.04. The van der Waals surface area contributed by atoms with E-state index in [2.05, 4.69) is 13.2 Å². The topological polar surface area (TPSA) is 71.1 Å². The minimum Gasteiger partial charge on any atom is -0.465 e. The zero-order valence-corrected chi connectivity index (χ0v) is 17.8. The normalized spacial score (nSPS) is 10.9. The highest BCUT2D eigenvalue weighted by Gasteiger charge is 2.00. The van der Waals surface area contributed by atoms with Gasteiger partial charge in [-0.2, -0.15) is 0 Å². The first-order valence-electron chi connectivity index (χ1n) is 9.92. The van der Waals surface area contributed by atoms with Crippen molar-refractivity contribution in [3.8, 4) is 22.6 Å². The second-order valence-electron chi connectivity index (χ2n) is 6.40.